The van der Waals surface area contributed by atoms with Crippen LogP contribution in [0.3, 0.4) is 0 Å². The van der Waals surface area contributed by atoms with Crippen LogP contribution in [0.2, 0.25) is 0 Å². The lowest BCUT2D eigenvalue weighted by molar-refractivity contribution is -0.138. The van der Waals surface area contributed by atoms with Crippen molar-refractivity contribution in [3.05, 3.63) is 18.0 Å². The zero-order chi connectivity index (χ0) is 12.7. The number of carboxylic acids is 1. The molecule has 6 nitrogen and oxygen atoms in total. The molecule has 1 aromatic rings. The van der Waals surface area contributed by atoms with Gasteiger partial charge in [-0.25, -0.2) is 0 Å². The molecule has 2 N–H and O–H groups in total. The summed E-state index contributed by atoms with van der Waals surface area (Å²) in [5.74, 6) is 1.51. The predicted molar refractivity (Wildman–Crippen MR) is 61.1 cm³/mol. The first kappa shape index (κ1) is 13.2. The van der Waals surface area contributed by atoms with E-state index in [1.165, 1.54) is 0 Å². The van der Waals surface area contributed by atoms with Gasteiger partial charge in [-0.15, -0.1) is 6.42 Å². The van der Waals surface area contributed by atoms with Crippen LogP contribution >= 0.6 is 0 Å². The molecule has 0 amide bonds. The average Bonchev–Trinajstić information content (AvgIpc) is 2.65. The van der Waals surface area contributed by atoms with E-state index in [0.717, 1.165) is 5.56 Å². The van der Waals surface area contributed by atoms with Gasteiger partial charge in [0.2, 0.25) is 0 Å². The van der Waals surface area contributed by atoms with Crippen LogP contribution in [0.4, 0.5) is 0 Å². The summed E-state index contributed by atoms with van der Waals surface area (Å²) >= 11 is 0. The zero-order valence-electron chi connectivity index (χ0n) is 9.41. The number of carboxylic acid groups (broad SMARTS) is 1. The topological polar surface area (TPSA) is 78.6 Å². The highest BCUT2D eigenvalue weighted by molar-refractivity contribution is 5.69. The number of aliphatic hydroxyl groups excluding tert-OH is 1. The molecular weight excluding hydrogens is 222 g/mol. The molecule has 0 fully saturated rings. The van der Waals surface area contributed by atoms with Crippen molar-refractivity contribution >= 4 is 5.97 Å². The highest BCUT2D eigenvalue weighted by Crippen LogP contribution is 2.03. The summed E-state index contributed by atoms with van der Waals surface area (Å²) in [7, 11) is 0. The molecule has 0 unspecified atom stereocenters. The summed E-state index contributed by atoms with van der Waals surface area (Å²) in [6.45, 7) is 1.05. The van der Waals surface area contributed by atoms with E-state index in [9.17, 15) is 4.79 Å². The lowest BCUT2D eigenvalue weighted by Crippen LogP contribution is -2.29. The highest BCUT2D eigenvalue weighted by Gasteiger charge is 2.10. The molecule has 0 aliphatic rings. The van der Waals surface area contributed by atoms with Gasteiger partial charge in [0.15, 0.2) is 0 Å². The van der Waals surface area contributed by atoms with Gasteiger partial charge in [-0.05, 0) is 0 Å². The number of carbonyl (C=O) groups is 1. The third kappa shape index (κ3) is 4.68. The SMILES string of the molecule is C#CCN(CC(=O)O)Cc1cnn(CCO)c1. The summed E-state index contributed by atoms with van der Waals surface area (Å²) in [6.07, 6.45) is 8.58. The molecule has 0 aliphatic carbocycles. The maximum absolute atomic E-state index is 10.6. The van der Waals surface area contributed by atoms with Crippen molar-refractivity contribution in [1.29, 1.82) is 0 Å². The van der Waals surface area contributed by atoms with Gasteiger partial charge >= 0.3 is 5.97 Å². The molecule has 17 heavy (non-hydrogen) atoms. The second-order valence-corrected chi connectivity index (χ2v) is 3.58. The van der Waals surface area contributed by atoms with Gasteiger partial charge in [-0.2, -0.15) is 5.10 Å². The molecule has 0 aliphatic heterocycles. The number of aliphatic carboxylic acids is 1. The number of hydrogen-bond acceptors (Lipinski definition) is 4. The molecule has 1 heterocycles. The van der Waals surface area contributed by atoms with Crippen LogP contribution in [0.5, 0.6) is 0 Å². The number of aliphatic hydroxyl groups is 1. The quantitative estimate of drug-likeness (QED) is 0.619. The Morgan fingerprint density at radius 2 is 2.41 bits per heavy atom. The van der Waals surface area contributed by atoms with E-state index in [4.69, 9.17) is 16.6 Å². The maximum Gasteiger partial charge on any atom is 0.317 e. The Hall–Kier alpha value is -1.84. The van der Waals surface area contributed by atoms with Gasteiger partial charge < -0.3 is 10.2 Å². The van der Waals surface area contributed by atoms with E-state index in [2.05, 4.69) is 11.0 Å². The maximum atomic E-state index is 10.6. The molecule has 1 aromatic heterocycles. The van der Waals surface area contributed by atoms with Crippen LogP contribution in [-0.4, -0.2) is 50.6 Å². The third-order valence-electron chi connectivity index (χ3n) is 2.10. The molecule has 0 saturated heterocycles. The monoisotopic (exact) mass is 237 g/mol. The van der Waals surface area contributed by atoms with Crippen molar-refractivity contribution in [2.45, 2.75) is 13.1 Å². The summed E-state index contributed by atoms with van der Waals surface area (Å²) in [5, 5.41) is 21.5. The van der Waals surface area contributed by atoms with Crippen molar-refractivity contribution < 1.29 is 15.0 Å². The van der Waals surface area contributed by atoms with Crippen molar-refractivity contribution in [1.82, 2.24) is 14.7 Å². The number of hydrogen-bond donors (Lipinski definition) is 2. The van der Waals surface area contributed by atoms with Gasteiger partial charge in [0.25, 0.3) is 0 Å². The molecular formula is C11H15N3O3. The van der Waals surface area contributed by atoms with Crippen LogP contribution < -0.4 is 0 Å². The van der Waals surface area contributed by atoms with Crippen LogP contribution in [0.15, 0.2) is 12.4 Å². The van der Waals surface area contributed by atoms with Gasteiger partial charge in [0, 0.05) is 18.3 Å². The van der Waals surface area contributed by atoms with Gasteiger partial charge in [0.05, 0.1) is 32.4 Å². The van der Waals surface area contributed by atoms with Gasteiger partial charge in [0.1, 0.15) is 0 Å². The van der Waals surface area contributed by atoms with E-state index in [0.29, 0.717) is 13.1 Å². The zero-order valence-corrected chi connectivity index (χ0v) is 9.41. The molecule has 0 aromatic carbocycles. The number of nitrogens with zero attached hydrogens (tertiary/aromatic N) is 3. The van der Waals surface area contributed by atoms with Gasteiger partial charge in [-0.3, -0.25) is 14.4 Å². The lowest BCUT2D eigenvalue weighted by Gasteiger charge is -2.15. The fraction of sp³-hybridized carbons (Fsp3) is 0.455. The fourth-order valence-corrected chi connectivity index (χ4v) is 1.46. The molecule has 0 radical (unpaired) electrons. The Labute approximate surface area is 99.5 Å². The van der Waals surface area contributed by atoms with Crippen LogP contribution in [-0.2, 0) is 17.9 Å². The normalized spacial score (nSPS) is 10.4. The van der Waals surface area contributed by atoms with E-state index >= 15 is 0 Å². The second kappa shape index (κ2) is 6.68. The van der Waals surface area contributed by atoms with E-state index < -0.39 is 5.97 Å². The first-order chi connectivity index (χ1) is 8.15. The molecule has 0 saturated carbocycles. The van der Waals surface area contributed by atoms with Crippen molar-refractivity contribution in [3.8, 4) is 12.3 Å². The highest BCUT2D eigenvalue weighted by atomic mass is 16.4. The molecule has 0 spiro atoms. The Balaban J connectivity index is 2.58. The Morgan fingerprint density at radius 1 is 1.65 bits per heavy atom. The average molecular weight is 237 g/mol. The Kier molecular flexibility index (Phi) is 5.20. The van der Waals surface area contributed by atoms with E-state index in [1.807, 2.05) is 0 Å². The van der Waals surface area contributed by atoms with Crippen LogP contribution in [0.25, 0.3) is 0 Å². The molecule has 0 bridgehead atoms. The first-order valence-corrected chi connectivity index (χ1v) is 5.15. The number of rotatable bonds is 7. The molecule has 1 rings (SSSR count). The number of terminal acetylenes is 1. The number of aromatic nitrogens is 2. The van der Waals surface area contributed by atoms with Crippen LogP contribution in [0.1, 0.15) is 5.56 Å². The summed E-state index contributed by atoms with van der Waals surface area (Å²) in [6, 6.07) is 0. The van der Waals surface area contributed by atoms with Crippen molar-refractivity contribution in [3.63, 3.8) is 0 Å². The minimum absolute atomic E-state index is 0.0182. The van der Waals surface area contributed by atoms with Gasteiger partial charge in [-0.1, -0.05) is 5.92 Å². The molecule has 6 heteroatoms. The summed E-state index contributed by atoms with van der Waals surface area (Å²) in [5.41, 5.74) is 0.870. The van der Waals surface area contributed by atoms with Crippen molar-refractivity contribution in [2.24, 2.45) is 0 Å². The Bertz CT molecular complexity index is 408. The predicted octanol–water partition coefficient (Wildman–Crippen LogP) is -0.605. The van der Waals surface area contributed by atoms with E-state index in [-0.39, 0.29) is 19.7 Å². The van der Waals surface area contributed by atoms with Crippen molar-refractivity contribution in [2.75, 3.05) is 19.7 Å². The standard InChI is InChI=1S/C11H15N3O3/c1-2-3-13(9-11(16)17)7-10-6-12-14(8-10)4-5-15/h1,6,8,15H,3-5,7,9H2,(H,16,17). The minimum Gasteiger partial charge on any atom is -0.480 e. The van der Waals surface area contributed by atoms with Crippen LogP contribution in [0, 0.1) is 12.3 Å². The molecule has 0 atom stereocenters. The second-order valence-electron chi connectivity index (χ2n) is 3.58. The minimum atomic E-state index is -0.914. The fourth-order valence-electron chi connectivity index (χ4n) is 1.46. The first-order valence-electron chi connectivity index (χ1n) is 5.15. The third-order valence-corrected chi connectivity index (χ3v) is 2.10. The smallest absolute Gasteiger partial charge is 0.317 e. The largest absolute Gasteiger partial charge is 0.480 e. The summed E-state index contributed by atoms with van der Waals surface area (Å²) in [4.78, 5) is 12.2. The lowest BCUT2D eigenvalue weighted by atomic mass is 10.3. The molecule has 92 valence electrons. The Morgan fingerprint density at radius 3 is 3.00 bits per heavy atom. The summed E-state index contributed by atoms with van der Waals surface area (Å²) < 4.78 is 1.60. The van der Waals surface area contributed by atoms with E-state index in [1.54, 1.807) is 22.0 Å².